The average molecular weight is 296 g/mol. The molecule has 114 valence electrons. The second-order valence-electron chi connectivity index (χ2n) is 5.47. The van der Waals surface area contributed by atoms with Gasteiger partial charge in [0.2, 0.25) is 0 Å². The van der Waals surface area contributed by atoms with Gasteiger partial charge in [0.25, 0.3) is 0 Å². The third-order valence-corrected chi connectivity index (χ3v) is 3.40. The summed E-state index contributed by atoms with van der Waals surface area (Å²) in [6.07, 6.45) is 0. The summed E-state index contributed by atoms with van der Waals surface area (Å²) in [4.78, 5) is 24.1. The first-order valence-electron chi connectivity index (χ1n) is 7.26. The van der Waals surface area contributed by atoms with Gasteiger partial charge in [-0.3, -0.25) is 9.59 Å². The summed E-state index contributed by atoms with van der Waals surface area (Å²) in [6.45, 7) is 6.01. The maximum absolute atomic E-state index is 12.1. The number of benzene rings is 2. The van der Waals surface area contributed by atoms with E-state index in [1.807, 2.05) is 31.2 Å². The molecule has 2 aromatic rings. The minimum Gasteiger partial charge on any atom is -0.318 e. The maximum atomic E-state index is 12.1. The molecular formula is C18H20N2O2. The molecule has 0 atom stereocenters. The molecule has 0 heterocycles. The third-order valence-electron chi connectivity index (χ3n) is 3.40. The zero-order valence-corrected chi connectivity index (χ0v) is 13.0. The number of anilines is 2. The fraction of sp³-hybridized carbons (Fsp3) is 0.222. The van der Waals surface area contributed by atoms with Crippen LogP contribution < -0.4 is 10.6 Å². The number of hydrogen-bond acceptors (Lipinski definition) is 2. The van der Waals surface area contributed by atoms with Crippen LogP contribution in [-0.4, -0.2) is 11.8 Å². The first-order chi connectivity index (χ1) is 10.5. The second kappa shape index (κ2) is 6.89. The van der Waals surface area contributed by atoms with Crippen LogP contribution >= 0.6 is 0 Å². The molecule has 0 spiro atoms. The Balaban J connectivity index is 2.14. The topological polar surface area (TPSA) is 58.2 Å². The maximum Gasteiger partial charge on any atom is 0.314 e. The smallest absolute Gasteiger partial charge is 0.314 e. The Morgan fingerprint density at radius 1 is 0.864 bits per heavy atom. The summed E-state index contributed by atoms with van der Waals surface area (Å²) in [5.41, 5.74) is 3.26. The van der Waals surface area contributed by atoms with E-state index in [9.17, 15) is 9.59 Å². The van der Waals surface area contributed by atoms with E-state index in [-0.39, 0.29) is 5.92 Å². The van der Waals surface area contributed by atoms with Crippen molar-refractivity contribution in [1.82, 2.24) is 0 Å². The number of carbonyl (C=O) groups excluding carboxylic acids is 2. The van der Waals surface area contributed by atoms with Crippen molar-refractivity contribution in [3.05, 3.63) is 59.7 Å². The van der Waals surface area contributed by atoms with E-state index in [2.05, 4.69) is 24.5 Å². The molecule has 22 heavy (non-hydrogen) atoms. The van der Waals surface area contributed by atoms with E-state index in [0.29, 0.717) is 11.4 Å². The van der Waals surface area contributed by atoms with Crippen molar-refractivity contribution in [2.45, 2.75) is 26.7 Å². The summed E-state index contributed by atoms with van der Waals surface area (Å²) in [7, 11) is 0. The van der Waals surface area contributed by atoms with Crippen molar-refractivity contribution in [2.75, 3.05) is 10.6 Å². The zero-order valence-electron chi connectivity index (χ0n) is 13.0. The van der Waals surface area contributed by atoms with E-state index in [1.165, 1.54) is 0 Å². The summed E-state index contributed by atoms with van der Waals surface area (Å²) in [5, 5.41) is 5.31. The molecule has 0 unspecified atom stereocenters. The summed E-state index contributed by atoms with van der Waals surface area (Å²) < 4.78 is 0. The quantitative estimate of drug-likeness (QED) is 0.849. The molecular weight excluding hydrogens is 276 g/mol. The summed E-state index contributed by atoms with van der Waals surface area (Å²) >= 11 is 0. The molecule has 0 fully saturated rings. The highest BCUT2D eigenvalue weighted by molar-refractivity contribution is 6.43. The number of amides is 2. The lowest BCUT2D eigenvalue weighted by Crippen LogP contribution is -2.29. The van der Waals surface area contributed by atoms with Crippen LogP contribution in [0.3, 0.4) is 0 Å². The molecule has 0 saturated heterocycles. The fourth-order valence-corrected chi connectivity index (χ4v) is 2.22. The Hall–Kier alpha value is -2.62. The number of para-hydroxylation sites is 2. The van der Waals surface area contributed by atoms with Gasteiger partial charge >= 0.3 is 11.8 Å². The SMILES string of the molecule is Cc1cccc(C(C)C)c1NC(=O)C(=O)Nc1ccccc1. The average Bonchev–Trinajstić information content (AvgIpc) is 2.49. The molecule has 0 aliphatic heterocycles. The van der Waals surface area contributed by atoms with Gasteiger partial charge in [0.15, 0.2) is 0 Å². The summed E-state index contributed by atoms with van der Waals surface area (Å²) in [6, 6.07) is 14.7. The van der Waals surface area contributed by atoms with Crippen LogP contribution in [0.5, 0.6) is 0 Å². The molecule has 0 radical (unpaired) electrons. The monoisotopic (exact) mass is 296 g/mol. The molecule has 0 saturated carbocycles. The Labute approximate surface area is 130 Å². The molecule has 0 aliphatic carbocycles. The van der Waals surface area contributed by atoms with E-state index in [4.69, 9.17) is 0 Å². The largest absolute Gasteiger partial charge is 0.318 e. The Bertz CT molecular complexity index is 679. The van der Waals surface area contributed by atoms with Gasteiger partial charge in [0.05, 0.1) is 0 Å². The Kier molecular flexibility index (Phi) is 4.94. The van der Waals surface area contributed by atoms with Crippen LogP contribution in [0.25, 0.3) is 0 Å². The van der Waals surface area contributed by atoms with E-state index < -0.39 is 11.8 Å². The summed E-state index contributed by atoms with van der Waals surface area (Å²) in [5.74, 6) is -1.09. The minimum absolute atomic E-state index is 0.257. The number of aryl methyl sites for hydroxylation is 1. The van der Waals surface area contributed by atoms with Crippen LogP contribution in [-0.2, 0) is 9.59 Å². The molecule has 0 aliphatic rings. The van der Waals surface area contributed by atoms with Crippen molar-refractivity contribution >= 4 is 23.2 Å². The van der Waals surface area contributed by atoms with Gasteiger partial charge in [0, 0.05) is 11.4 Å². The molecule has 0 aromatic heterocycles. The van der Waals surface area contributed by atoms with Gasteiger partial charge in [-0.2, -0.15) is 0 Å². The highest BCUT2D eigenvalue weighted by Gasteiger charge is 2.17. The molecule has 0 bridgehead atoms. The lowest BCUT2D eigenvalue weighted by atomic mass is 9.98. The number of rotatable bonds is 3. The fourth-order valence-electron chi connectivity index (χ4n) is 2.22. The molecule has 2 amide bonds. The van der Waals surface area contributed by atoms with Crippen molar-refractivity contribution in [1.29, 1.82) is 0 Å². The first-order valence-corrected chi connectivity index (χ1v) is 7.26. The second-order valence-corrected chi connectivity index (χ2v) is 5.47. The minimum atomic E-state index is -0.677. The van der Waals surface area contributed by atoms with Gasteiger partial charge in [-0.05, 0) is 36.1 Å². The van der Waals surface area contributed by atoms with Gasteiger partial charge in [-0.1, -0.05) is 50.2 Å². The highest BCUT2D eigenvalue weighted by Crippen LogP contribution is 2.27. The Morgan fingerprint density at radius 2 is 1.50 bits per heavy atom. The van der Waals surface area contributed by atoms with Crippen LogP contribution in [0.15, 0.2) is 48.5 Å². The molecule has 2 N–H and O–H groups in total. The van der Waals surface area contributed by atoms with Crippen LogP contribution in [0.2, 0.25) is 0 Å². The molecule has 4 heteroatoms. The predicted octanol–water partition coefficient (Wildman–Crippen LogP) is 3.70. The van der Waals surface area contributed by atoms with Gasteiger partial charge in [0.1, 0.15) is 0 Å². The van der Waals surface area contributed by atoms with E-state index in [1.54, 1.807) is 24.3 Å². The first kappa shape index (κ1) is 15.8. The lowest BCUT2D eigenvalue weighted by Gasteiger charge is -2.16. The number of nitrogens with one attached hydrogen (secondary N) is 2. The third kappa shape index (κ3) is 3.73. The van der Waals surface area contributed by atoms with Crippen LogP contribution in [0.1, 0.15) is 30.9 Å². The Morgan fingerprint density at radius 3 is 2.14 bits per heavy atom. The zero-order chi connectivity index (χ0) is 16.1. The predicted molar refractivity (Wildman–Crippen MR) is 89.0 cm³/mol. The van der Waals surface area contributed by atoms with Crippen LogP contribution in [0.4, 0.5) is 11.4 Å². The van der Waals surface area contributed by atoms with Crippen molar-refractivity contribution in [3.8, 4) is 0 Å². The molecule has 4 nitrogen and oxygen atoms in total. The van der Waals surface area contributed by atoms with Gasteiger partial charge in [-0.25, -0.2) is 0 Å². The van der Waals surface area contributed by atoms with Gasteiger partial charge < -0.3 is 10.6 Å². The number of hydrogen-bond donors (Lipinski definition) is 2. The highest BCUT2D eigenvalue weighted by atomic mass is 16.2. The molecule has 2 aromatic carbocycles. The standard InChI is InChI=1S/C18H20N2O2/c1-12(2)15-11-7-8-13(3)16(15)20-18(22)17(21)19-14-9-5-4-6-10-14/h4-12H,1-3H3,(H,19,21)(H,20,22). The van der Waals surface area contributed by atoms with Gasteiger partial charge in [-0.15, -0.1) is 0 Å². The van der Waals surface area contributed by atoms with E-state index >= 15 is 0 Å². The molecule has 2 rings (SSSR count). The van der Waals surface area contributed by atoms with Crippen LogP contribution in [0, 0.1) is 6.92 Å². The van der Waals surface area contributed by atoms with Crippen molar-refractivity contribution in [3.63, 3.8) is 0 Å². The van der Waals surface area contributed by atoms with E-state index in [0.717, 1.165) is 11.1 Å². The van der Waals surface area contributed by atoms with Crippen molar-refractivity contribution < 1.29 is 9.59 Å². The number of carbonyl (C=O) groups is 2. The lowest BCUT2D eigenvalue weighted by molar-refractivity contribution is -0.133. The normalized spacial score (nSPS) is 10.4. The van der Waals surface area contributed by atoms with Crippen molar-refractivity contribution in [2.24, 2.45) is 0 Å².